The molecule has 2 nitrogen and oxygen atoms in total. The molecule has 0 saturated heterocycles. The number of benzene rings is 2. The average molecular weight is 257 g/mol. The van der Waals surface area contributed by atoms with Crippen LogP contribution in [0.4, 0.5) is 4.39 Å². The zero-order valence-electron chi connectivity index (χ0n) is 9.26. The number of rotatable bonds is 2. The smallest absolute Gasteiger partial charge is 0.150 e. The Labute approximate surface area is 107 Å². The molecule has 88 valence electrons. The molecule has 0 aliphatic rings. The Morgan fingerprint density at radius 2 is 1.89 bits per heavy atom. The molecule has 0 radical (unpaired) electrons. The van der Waals surface area contributed by atoms with Crippen LogP contribution >= 0.6 is 11.3 Å². The number of fused-ring (bicyclic) bond motifs is 1. The molecule has 0 bridgehead atoms. The number of carbonyl (C=O) groups excluding carboxylic acids is 1. The molecule has 0 unspecified atom stereocenters. The maximum absolute atomic E-state index is 13.1. The molecule has 0 aliphatic heterocycles. The predicted octanol–water partition coefficient (Wildman–Crippen LogP) is 3.91. The van der Waals surface area contributed by atoms with Crippen LogP contribution in [0.1, 0.15) is 10.4 Å². The maximum atomic E-state index is 13.1. The first-order valence-electron chi connectivity index (χ1n) is 5.38. The molecule has 1 aromatic heterocycles. The number of thiazole rings is 1. The van der Waals surface area contributed by atoms with Crippen LogP contribution in [0.15, 0.2) is 42.5 Å². The molecule has 0 amide bonds. The van der Waals surface area contributed by atoms with Gasteiger partial charge in [-0.2, -0.15) is 0 Å². The first-order chi connectivity index (χ1) is 8.76. The van der Waals surface area contributed by atoms with E-state index in [9.17, 15) is 9.18 Å². The van der Waals surface area contributed by atoms with Crippen molar-refractivity contribution in [1.29, 1.82) is 0 Å². The van der Waals surface area contributed by atoms with Gasteiger partial charge in [-0.3, -0.25) is 4.79 Å². The highest BCUT2D eigenvalue weighted by Crippen LogP contribution is 2.30. The number of nitrogens with zero attached hydrogens (tertiary/aromatic N) is 1. The number of hydrogen-bond acceptors (Lipinski definition) is 3. The van der Waals surface area contributed by atoms with E-state index >= 15 is 0 Å². The third-order valence-corrected chi connectivity index (χ3v) is 3.71. The van der Waals surface area contributed by atoms with Gasteiger partial charge in [-0.25, -0.2) is 9.37 Å². The highest BCUT2D eigenvalue weighted by atomic mass is 32.1. The van der Waals surface area contributed by atoms with Crippen molar-refractivity contribution < 1.29 is 9.18 Å². The summed E-state index contributed by atoms with van der Waals surface area (Å²) in [5.41, 5.74) is 2.35. The Kier molecular flexibility index (Phi) is 2.64. The topological polar surface area (TPSA) is 30.0 Å². The lowest BCUT2D eigenvalue weighted by atomic mass is 10.1. The van der Waals surface area contributed by atoms with E-state index in [0.29, 0.717) is 5.56 Å². The Balaban J connectivity index is 2.10. The molecule has 0 spiro atoms. The molecule has 0 atom stereocenters. The molecular formula is C14H8FNOS. The minimum Gasteiger partial charge on any atom is -0.298 e. The molecule has 2 aromatic carbocycles. The first kappa shape index (κ1) is 11.0. The van der Waals surface area contributed by atoms with Crippen LogP contribution < -0.4 is 0 Å². The summed E-state index contributed by atoms with van der Waals surface area (Å²) in [4.78, 5) is 15.0. The van der Waals surface area contributed by atoms with E-state index in [0.717, 1.165) is 27.1 Å². The van der Waals surface area contributed by atoms with Crippen molar-refractivity contribution in [3.05, 3.63) is 53.8 Å². The number of hydrogen-bond donors (Lipinski definition) is 0. The molecule has 0 N–H and O–H groups in total. The van der Waals surface area contributed by atoms with Gasteiger partial charge in [0.25, 0.3) is 0 Å². The molecular weight excluding hydrogens is 249 g/mol. The van der Waals surface area contributed by atoms with E-state index in [4.69, 9.17) is 0 Å². The molecule has 0 saturated carbocycles. The van der Waals surface area contributed by atoms with Crippen molar-refractivity contribution in [1.82, 2.24) is 4.98 Å². The lowest BCUT2D eigenvalue weighted by Gasteiger charge is -1.95. The van der Waals surface area contributed by atoms with Crippen LogP contribution in [0.2, 0.25) is 0 Å². The second kappa shape index (κ2) is 4.31. The number of aldehydes is 1. The van der Waals surface area contributed by atoms with Crippen molar-refractivity contribution in [3.63, 3.8) is 0 Å². The van der Waals surface area contributed by atoms with Crippen molar-refractivity contribution in [2.75, 3.05) is 0 Å². The van der Waals surface area contributed by atoms with Crippen LogP contribution in [0.25, 0.3) is 20.8 Å². The van der Waals surface area contributed by atoms with Crippen molar-refractivity contribution in [2.24, 2.45) is 0 Å². The summed E-state index contributed by atoms with van der Waals surface area (Å²) in [5.74, 6) is -0.256. The summed E-state index contributed by atoms with van der Waals surface area (Å²) in [6.07, 6.45) is 0.803. The number of carbonyl (C=O) groups is 1. The van der Waals surface area contributed by atoms with Crippen LogP contribution in [0, 0.1) is 5.82 Å². The van der Waals surface area contributed by atoms with Gasteiger partial charge in [0, 0.05) is 11.1 Å². The minimum absolute atomic E-state index is 0.256. The fourth-order valence-corrected chi connectivity index (χ4v) is 2.72. The molecule has 0 fully saturated rings. The van der Waals surface area contributed by atoms with E-state index in [1.54, 1.807) is 18.2 Å². The maximum Gasteiger partial charge on any atom is 0.150 e. The van der Waals surface area contributed by atoms with E-state index in [2.05, 4.69) is 4.98 Å². The van der Waals surface area contributed by atoms with Gasteiger partial charge in [0.1, 0.15) is 17.1 Å². The molecule has 3 aromatic rings. The van der Waals surface area contributed by atoms with E-state index < -0.39 is 0 Å². The fraction of sp³-hybridized carbons (Fsp3) is 0. The Bertz CT molecular complexity index is 718. The van der Waals surface area contributed by atoms with Gasteiger partial charge in [-0.1, -0.05) is 24.3 Å². The van der Waals surface area contributed by atoms with Crippen molar-refractivity contribution >= 4 is 27.8 Å². The third kappa shape index (κ3) is 1.91. The van der Waals surface area contributed by atoms with Gasteiger partial charge in [0.15, 0.2) is 0 Å². The van der Waals surface area contributed by atoms with Crippen molar-refractivity contribution in [2.45, 2.75) is 0 Å². The van der Waals surface area contributed by atoms with Crippen LogP contribution in [0.5, 0.6) is 0 Å². The first-order valence-corrected chi connectivity index (χ1v) is 6.19. The Morgan fingerprint density at radius 1 is 1.11 bits per heavy atom. The highest BCUT2D eigenvalue weighted by molar-refractivity contribution is 7.21. The number of halogens is 1. The Hall–Kier alpha value is -2.07. The summed E-state index contributed by atoms with van der Waals surface area (Å²) < 4.78 is 13.9. The Morgan fingerprint density at radius 3 is 2.61 bits per heavy atom. The summed E-state index contributed by atoms with van der Waals surface area (Å²) >= 11 is 1.44. The van der Waals surface area contributed by atoms with E-state index in [1.807, 2.05) is 12.1 Å². The van der Waals surface area contributed by atoms with Crippen LogP contribution in [-0.4, -0.2) is 11.3 Å². The van der Waals surface area contributed by atoms with Crippen LogP contribution in [-0.2, 0) is 0 Å². The molecule has 18 heavy (non-hydrogen) atoms. The normalized spacial score (nSPS) is 10.7. The fourth-order valence-electron chi connectivity index (χ4n) is 1.73. The summed E-state index contributed by atoms with van der Waals surface area (Å²) in [6, 6.07) is 11.7. The van der Waals surface area contributed by atoms with Gasteiger partial charge in [-0.05, 0) is 18.2 Å². The van der Waals surface area contributed by atoms with Gasteiger partial charge < -0.3 is 0 Å². The zero-order chi connectivity index (χ0) is 12.5. The molecule has 4 heteroatoms. The summed E-state index contributed by atoms with van der Waals surface area (Å²) in [7, 11) is 0. The highest BCUT2D eigenvalue weighted by Gasteiger charge is 2.06. The van der Waals surface area contributed by atoms with E-state index in [1.165, 1.54) is 23.5 Å². The SMILES string of the molecule is O=Cc1ccc(-c2nc3ccc(F)cc3s2)cc1. The van der Waals surface area contributed by atoms with Gasteiger partial charge in [0.2, 0.25) is 0 Å². The summed E-state index contributed by atoms with van der Waals surface area (Å²) in [5, 5.41) is 0.827. The lowest BCUT2D eigenvalue weighted by molar-refractivity contribution is 0.112. The predicted molar refractivity (Wildman–Crippen MR) is 70.4 cm³/mol. The van der Waals surface area contributed by atoms with Gasteiger partial charge >= 0.3 is 0 Å². The molecule has 3 rings (SSSR count). The standard InChI is InChI=1S/C14H8FNOS/c15-11-5-6-12-13(7-11)18-14(16-12)10-3-1-9(8-17)2-4-10/h1-8H. The zero-order valence-corrected chi connectivity index (χ0v) is 10.1. The number of aromatic nitrogens is 1. The van der Waals surface area contributed by atoms with Gasteiger partial charge in [0.05, 0.1) is 10.2 Å². The quantitative estimate of drug-likeness (QED) is 0.651. The van der Waals surface area contributed by atoms with E-state index in [-0.39, 0.29) is 5.82 Å². The molecule has 1 heterocycles. The second-order valence-corrected chi connectivity index (χ2v) is 4.90. The molecule has 0 aliphatic carbocycles. The largest absolute Gasteiger partial charge is 0.298 e. The van der Waals surface area contributed by atoms with Crippen molar-refractivity contribution in [3.8, 4) is 10.6 Å². The second-order valence-electron chi connectivity index (χ2n) is 3.87. The van der Waals surface area contributed by atoms with Gasteiger partial charge in [-0.15, -0.1) is 11.3 Å². The average Bonchev–Trinajstić information content (AvgIpc) is 2.81. The lowest BCUT2D eigenvalue weighted by Crippen LogP contribution is -1.80. The third-order valence-electron chi connectivity index (χ3n) is 2.64. The monoisotopic (exact) mass is 257 g/mol. The minimum atomic E-state index is -0.256. The van der Waals surface area contributed by atoms with Crippen LogP contribution in [0.3, 0.4) is 0 Å². The summed E-state index contributed by atoms with van der Waals surface area (Å²) in [6.45, 7) is 0.